The average Bonchev–Trinajstić information content (AvgIpc) is 3.35. The molecule has 0 N–H and O–H groups in total. The largest absolute Gasteiger partial charge is 0.573 e. The van der Waals surface area contributed by atoms with Gasteiger partial charge in [-0.3, -0.25) is 9.69 Å². The van der Waals surface area contributed by atoms with Crippen LogP contribution in [-0.2, 0) is 17.9 Å². The second kappa shape index (κ2) is 11.5. The van der Waals surface area contributed by atoms with E-state index >= 15 is 0 Å². The molecule has 0 aliphatic carbocycles. The summed E-state index contributed by atoms with van der Waals surface area (Å²) in [5, 5.41) is 9.51. The van der Waals surface area contributed by atoms with Crippen molar-refractivity contribution in [3.63, 3.8) is 0 Å². The van der Waals surface area contributed by atoms with Crippen LogP contribution in [0.25, 0.3) is 0 Å². The highest BCUT2D eigenvalue weighted by Gasteiger charge is 2.32. The second-order valence-electron chi connectivity index (χ2n) is 9.17. The van der Waals surface area contributed by atoms with E-state index in [0.717, 1.165) is 11.3 Å². The van der Waals surface area contributed by atoms with Gasteiger partial charge in [-0.15, -0.1) is 13.2 Å². The molecule has 204 valence electrons. The molecule has 11 heteroatoms. The van der Waals surface area contributed by atoms with Crippen LogP contribution in [0.2, 0.25) is 0 Å². The molecule has 1 amide bonds. The fraction of sp³-hybridized carbons (Fsp3) is 0.207. The highest BCUT2D eigenvalue weighted by Crippen LogP contribution is 2.29. The Morgan fingerprint density at radius 3 is 2.50 bits per heavy atom. The van der Waals surface area contributed by atoms with E-state index in [1.165, 1.54) is 23.1 Å². The highest BCUT2D eigenvalue weighted by molar-refractivity contribution is 5.95. The minimum absolute atomic E-state index is 0.0987. The number of halogens is 3. The lowest BCUT2D eigenvalue weighted by molar-refractivity contribution is -0.274. The smallest absolute Gasteiger partial charge is 0.456 e. The fourth-order valence-electron chi connectivity index (χ4n) is 4.48. The zero-order valence-electron chi connectivity index (χ0n) is 21.2. The summed E-state index contributed by atoms with van der Waals surface area (Å²) in [6.45, 7) is 1.87. The number of imidazole rings is 1. The Kier molecular flexibility index (Phi) is 7.70. The number of carbonyl (C=O) groups excluding carboxylic acids is 1. The Morgan fingerprint density at radius 2 is 1.75 bits per heavy atom. The summed E-state index contributed by atoms with van der Waals surface area (Å²) in [6, 6.07) is 22.2. The monoisotopic (exact) mass is 547 g/mol. The van der Waals surface area contributed by atoms with E-state index in [-0.39, 0.29) is 18.2 Å². The van der Waals surface area contributed by atoms with E-state index < -0.39 is 6.36 Å². The van der Waals surface area contributed by atoms with Crippen LogP contribution in [0, 0.1) is 11.3 Å². The first-order valence-corrected chi connectivity index (χ1v) is 12.4. The van der Waals surface area contributed by atoms with Gasteiger partial charge >= 0.3 is 6.36 Å². The molecular formula is C29H24F3N5O3. The van der Waals surface area contributed by atoms with Crippen LogP contribution >= 0.6 is 0 Å². The maximum atomic E-state index is 12.9. The van der Waals surface area contributed by atoms with E-state index in [9.17, 15) is 23.2 Å². The van der Waals surface area contributed by atoms with Crippen LogP contribution in [0.3, 0.4) is 0 Å². The molecule has 4 aromatic rings. The average molecular weight is 548 g/mol. The number of ether oxygens (including phenoxy) is 2. The molecule has 1 fully saturated rings. The van der Waals surface area contributed by atoms with E-state index in [0.29, 0.717) is 48.9 Å². The Hall–Kier alpha value is -4.82. The molecule has 0 bridgehead atoms. The van der Waals surface area contributed by atoms with E-state index in [1.54, 1.807) is 24.7 Å². The third-order valence-electron chi connectivity index (χ3n) is 6.34. The first-order valence-electron chi connectivity index (χ1n) is 12.4. The summed E-state index contributed by atoms with van der Waals surface area (Å²) >= 11 is 0. The lowest BCUT2D eigenvalue weighted by Gasteiger charge is -2.34. The van der Waals surface area contributed by atoms with Gasteiger partial charge in [0, 0.05) is 44.1 Å². The summed E-state index contributed by atoms with van der Waals surface area (Å²) in [7, 11) is 0. The van der Waals surface area contributed by atoms with Gasteiger partial charge in [0.05, 0.1) is 24.1 Å². The molecule has 0 radical (unpaired) electrons. The van der Waals surface area contributed by atoms with Crippen molar-refractivity contribution >= 4 is 11.6 Å². The van der Waals surface area contributed by atoms with Crippen LogP contribution in [0.15, 0.2) is 85.3 Å². The number of alkyl halides is 3. The number of hydrogen-bond donors (Lipinski definition) is 0. The molecular weight excluding hydrogens is 523 g/mol. The number of nitrogens with zero attached hydrogens (tertiary/aromatic N) is 5. The Morgan fingerprint density at radius 1 is 0.950 bits per heavy atom. The Balaban J connectivity index is 1.24. The Labute approximate surface area is 228 Å². The molecule has 1 aliphatic heterocycles. The van der Waals surface area contributed by atoms with E-state index in [1.807, 2.05) is 51.9 Å². The molecule has 1 aliphatic rings. The summed E-state index contributed by atoms with van der Waals surface area (Å²) in [4.78, 5) is 20.6. The van der Waals surface area contributed by atoms with E-state index in [4.69, 9.17) is 4.74 Å². The van der Waals surface area contributed by atoms with Gasteiger partial charge in [0.25, 0.3) is 0 Å². The fourth-order valence-corrected chi connectivity index (χ4v) is 4.48. The number of piperazine rings is 1. The van der Waals surface area contributed by atoms with Gasteiger partial charge in [-0.2, -0.15) is 5.26 Å². The van der Waals surface area contributed by atoms with E-state index in [2.05, 4.69) is 15.8 Å². The van der Waals surface area contributed by atoms with Crippen molar-refractivity contribution in [2.24, 2.45) is 0 Å². The number of benzene rings is 3. The molecule has 0 spiro atoms. The van der Waals surface area contributed by atoms with Crippen molar-refractivity contribution in [3.05, 3.63) is 102 Å². The van der Waals surface area contributed by atoms with Crippen LogP contribution < -0.4 is 14.4 Å². The van der Waals surface area contributed by atoms with Crippen molar-refractivity contribution in [3.8, 4) is 23.3 Å². The summed E-state index contributed by atoms with van der Waals surface area (Å²) in [5.41, 5.74) is 2.57. The van der Waals surface area contributed by atoms with Crippen LogP contribution in [0.1, 0.15) is 16.8 Å². The van der Waals surface area contributed by atoms with Gasteiger partial charge in [0.2, 0.25) is 5.91 Å². The quantitative estimate of drug-likeness (QED) is 0.296. The predicted octanol–water partition coefficient (Wildman–Crippen LogP) is 5.34. The lowest BCUT2D eigenvalue weighted by Crippen LogP contribution is -2.50. The first kappa shape index (κ1) is 26.8. The van der Waals surface area contributed by atoms with Crippen molar-refractivity contribution < 1.29 is 27.4 Å². The van der Waals surface area contributed by atoms with Crippen molar-refractivity contribution in [2.75, 3.05) is 24.5 Å². The molecule has 0 unspecified atom stereocenters. The molecule has 40 heavy (non-hydrogen) atoms. The molecule has 2 heterocycles. The molecule has 1 aromatic heterocycles. The molecule has 8 nitrogen and oxygen atoms in total. The molecule has 3 aromatic carbocycles. The third-order valence-corrected chi connectivity index (χ3v) is 6.34. The van der Waals surface area contributed by atoms with Crippen molar-refractivity contribution in [1.29, 1.82) is 5.26 Å². The summed E-state index contributed by atoms with van der Waals surface area (Å²) in [5.74, 6) is 0.489. The number of rotatable bonds is 8. The highest BCUT2D eigenvalue weighted by atomic mass is 19.4. The third kappa shape index (κ3) is 6.59. The van der Waals surface area contributed by atoms with Crippen LogP contribution in [-0.4, -0.2) is 46.4 Å². The topological polar surface area (TPSA) is 83.6 Å². The van der Waals surface area contributed by atoms with Crippen molar-refractivity contribution in [2.45, 2.75) is 19.5 Å². The number of anilines is 1. The van der Waals surface area contributed by atoms with Gasteiger partial charge in [-0.25, -0.2) is 4.98 Å². The number of amides is 1. The molecule has 5 rings (SSSR count). The van der Waals surface area contributed by atoms with Crippen LogP contribution in [0.4, 0.5) is 18.9 Å². The Bertz CT molecular complexity index is 1530. The zero-order valence-corrected chi connectivity index (χ0v) is 21.2. The predicted molar refractivity (Wildman–Crippen MR) is 140 cm³/mol. The lowest BCUT2D eigenvalue weighted by atomic mass is 10.1. The standard InChI is InChI=1S/C29H24F3N5O3/c30-29(31,32)40-26-8-4-5-23(14-26)37-12-11-35(19-28(37)38)18-24-16-34-20-36(24)17-21-9-10-22(15-33)27(13-21)39-25-6-2-1-3-7-25/h1-10,13-14,16,20H,11-12,17-19H2. The van der Waals surface area contributed by atoms with Gasteiger partial charge in [-0.05, 0) is 42.0 Å². The van der Waals surface area contributed by atoms with Gasteiger partial charge < -0.3 is 18.9 Å². The minimum atomic E-state index is -4.81. The maximum Gasteiger partial charge on any atom is 0.573 e. The molecule has 1 saturated heterocycles. The van der Waals surface area contributed by atoms with Gasteiger partial charge in [0.1, 0.15) is 23.3 Å². The van der Waals surface area contributed by atoms with Gasteiger partial charge in [0.15, 0.2) is 0 Å². The zero-order chi connectivity index (χ0) is 28.1. The summed E-state index contributed by atoms with van der Waals surface area (Å²) < 4.78 is 49.7. The first-order chi connectivity index (χ1) is 19.3. The maximum absolute atomic E-state index is 12.9. The number of aromatic nitrogens is 2. The normalized spacial score (nSPS) is 14.2. The molecule has 0 atom stereocenters. The number of para-hydroxylation sites is 1. The van der Waals surface area contributed by atoms with Crippen molar-refractivity contribution in [1.82, 2.24) is 14.5 Å². The summed E-state index contributed by atoms with van der Waals surface area (Å²) in [6.07, 6.45) is -1.37. The number of hydrogen-bond acceptors (Lipinski definition) is 6. The number of nitriles is 1. The minimum Gasteiger partial charge on any atom is -0.456 e. The number of carbonyl (C=O) groups is 1. The SMILES string of the molecule is N#Cc1ccc(Cn2cncc2CN2CCN(c3cccc(OC(F)(F)F)c3)C(=O)C2)cc1Oc1ccccc1. The van der Waals surface area contributed by atoms with Gasteiger partial charge in [-0.1, -0.05) is 30.3 Å². The molecule has 0 saturated carbocycles. The van der Waals surface area contributed by atoms with Crippen LogP contribution in [0.5, 0.6) is 17.2 Å². The second-order valence-corrected chi connectivity index (χ2v) is 9.17.